The van der Waals surface area contributed by atoms with Gasteiger partial charge in [0.25, 0.3) is 0 Å². The van der Waals surface area contributed by atoms with Crippen LogP contribution in [0.3, 0.4) is 0 Å². The van der Waals surface area contributed by atoms with Gasteiger partial charge in [0, 0.05) is 6.54 Å². The summed E-state index contributed by atoms with van der Waals surface area (Å²) in [6.45, 7) is 0.476. The number of benzene rings is 1. The summed E-state index contributed by atoms with van der Waals surface area (Å²) >= 11 is 0. The molecule has 0 aliphatic carbocycles. The van der Waals surface area contributed by atoms with Gasteiger partial charge < -0.3 is 5.73 Å². The maximum Gasteiger partial charge on any atom is 0.158 e. The molecule has 0 aromatic heterocycles. The molecule has 0 aliphatic heterocycles. The fourth-order valence-electron chi connectivity index (χ4n) is 1.02. The molecule has 0 saturated carbocycles. The largest absolute Gasteiger partial charge is 0.326 e. The van der Waals surface area contributed by atoms with Gasteiger partial charge in [-0.25, -0.2) is 0 Å². The normalized spacial score (nSPS) is 9.23. The molecule has 1 aromatic carbocycles. The molecule has 3 nitrogen and oxygen atoms in total. The molecule has 1 aromatic rings. The third kappa shape index (κ3) is 2.05. The molecule has 0 fully saturated rings. The van der Waals surface area contributed by atoms with E-state index in [0.717, 1.165) is 11.1 Å². The zero-order valence-electron chi connectivity index (χ0n) is 7.07. The Hall–Kier alpha value is -1.84. The average Bonchev–Trinajstić information content (AvgIpc) is 2.21. The SMILES string of the molecule is N#CC(C#N)c1ccc(CN)cc1. The predicted molar refractivity (Wildman–Crippen MR) is 48.3 cm³/mol. The Morgan fingerprint density at radius 2 is 1.69 bits per heavy atom. The minimum absolute atomic E-state index is 0.476. The Balaban J connectivity index is 2.94. The van der Waals surface area contributed by atoms with Gasteiger partial charge >= 0.3 is 0 Å². The first kappa shape index (κ1) is 9.25. The van der Waals surface area contributed by atoms with E-state index in [4.69, 9.17) is 16.3 Å². The van der Waals surface area contributed by atoms with Crippen LogP contribution in [0.5, 0.6) is 0 Å². The van der Waals surface area contributed by atoms with Crippen molar-refractivity contribution in [3.05, 3.63) is 35.4 Å². The summed E-state index contributed by atoms with van der Waals surface area (Å²) in [5, 5.41) is 17.2. The first-order valence-corrected chi connectivity index (χ1v) is 3.90. The highest BCUT2D eigenvalue weighted by atomic mass is 14.5. The average molecular weight is 171 g/mol. The Bertz CT molecular complexity index is 339. The number of nitriles is 2. The van der Waals surface area contributed by atoms with E-state index in [-0.39, 0.29) is 0 Å². The Kier molecular flexibility index (Phi) is 3.03. The molecule has 0 amide bonds. The van der Waals surface area contributed by atoms with Crippen molar-refractivity contribution < 1.29 is 0 Å². The zero-order valence-corrected chi connectivity index (χ0v) is 7.07. The van der Waals surface area contributed by atoms with E-state index in [0.29, 0.717) is 6.54 Å². The van der Waals surface area contributed by atoms with E-state index in [1.54, 1.807) is 12.1 Å². The van der Waals surface area contributed by atoms with Crippen LogP contribution in [0.2, 0.25) is 0 Å². The summed E-state index contributed by atoms with van der Waals surface area (Å²) < 4.78 is 0. The van der Waals surface area contributed by atoms with Crippen LogP contribution in [0.1, 0.15) is 17.0 Å². The van der Waals surface area contributed by atoms with Crippen LogP contribution in [0.4, 0.5) is 0 Å². The van der Waals surface area contributed by atoms with E-state index in [1.807, 2.05) is 24.3 Å². The van der Waals surface area contributed by atoms with Gasteiger partial charge in [0.15, 0.2) is 5.92 Å². The van der Waals surface area contributed by atoms with Crippen molar-refractivity contribution in [2.75, 3.05) is 0 Å². The maximum atomic E-state index is 8.61. The third-order valence-corrected chi connectivity index (χ3v) is 1.81. The second kappa shape index (κ2) is 4.25. The molecule has 0 saturated heterocycles. The van der Waals surface area contributed by atoms with Gasteiger partial charge in [-0.15, -0.1) is 0 Å². The second-order valence-electron chi connectivity index (χ2n) is 2.64. The topological polar surface area (TPSA) is 73.6 Å². The summed E-state index contributed by atoms with van der Waals surface area (Å²) in [6, 6.07) is 11.0. The highest BCUT2D eigenvalue weighted by molar-refractivity contribution is 5.33. The number of nitrogens with two attached hydrogens (primary N) is 1. The molecule has 3 heteroatoms. The quantitative estimate of drug-likeness (QED) is 0.728. The van der Waals surface area contributed by atoms with Crippen molar-refractivity contribution in [3.63, 3.8) is 0 Å². The third-order valence-electron chi connectivity index (χ3n) is 1.81. The first-order chi connectivity index (χ1) is 6.31. The van der Waals surface area contributed by atoms with Crippen LogP contribution in [-0.4, -0.2) is 0 Å². The fraction of sp³-hybridized carbons (Fsp3) is 0.200. The van der Waals surface area contributed by atoms with Crippen molar-refractivity contribution in [2.45, 2.75) is 12.5 Å². The molecule has 0 bridgehead atoms. The fourth-order valence-corrected chi connectivity index (χ4v) is 1.02. The highest BCUT2D eigenvalue weighted by Gasteiger charge is 2.07. The lowest BCUT2D eigenvalue weighted by atomic mass is 10.0. The van der Waals surface area contributed by atoms with Crippen LogP contribution >= 0.6 is 0 Å². The van der Waals surface area contributed by atoms with Crippen LogP contribution < -0.4 is 5.73 Å². The predicted octanol–water partition coefficient (Wildman–Crippen LogP) is 1.28. The van der Waals surface area contributed by atoms with Crippen molar-refractivity contribution in [1.29, 1.82) is 10.5 Å². The lowest BCUT2D eigenvalue weighted by molar-refractivity contribution is 1.05. The van der Waals surface area contributed by atoms with Gasteiger partial charge in [-0.2, -0.15) is 10.5 Å². The lowest BCUT2D eigenvalue weighted by Gasteiger charge is -2.01. The number of hydrogen-bond acceptors (Lipinski definition) is 3. The molecule has 1 rings (SSSR count). The summed E-state index contributed by atoms with van der Waals surface area (Å²) in [7, 11) is 0. The molecule has 2 N–H and O–H groups in total. The van der Waals surface area contributed by atoms with Gasteiger partial charge in [-0.3, -0.25) is 0 Å². The molecule has 64 valence electrons. The molecular formula is C10H9N3. The Morgan fingerprint density at radius 1 is 1.15 bits per heavy atom. The molecule has 13 heavy (non-hydrogen) atoms. The molecule has 0 unspecified atom stereocenters. The van der Waals surface area contributed by atoms with Crippen molar-refractivity contribution >= 4 is 0 Å². The van der Waals surface area contributed by atoms with Crippen molar-refractivity contribution in [1.82, 2.24) is 0 Å². The number of nitrogens with zero attached hydrogens (tertiary/aromatic N) is 2. The smallest absolute Gasteiger partial charge is 0.158 e. The summed E-state index contributed by atoms with van der Waals surface area (Å²) in [5.41, 5.74) is 7.13. The monoisotopic (exact) mass is 171 g/mol. The highest BCUT2D eigenvalue weighted by Crippen LogP contribution is 2.14. The first-order valence-electron chi connectivity index (χ1n) is 3.90. The van der Waals surface area contributed by atoms with Gasteiger partial charge in [0.2, 0.25) is 0 Å². The van der Waals surface area contributed by atoms with Gasteiger partial charge in [0.1, 0.15) is 0 Å². The van der Waals surface area contributed by atoms with Crippen molar-refractivity contribution in [3.8, 4) is 12.1 Å². The zero-order chi connectivity index (χ0) is 9.68. The van der Waals surface area contributed by atoms with Crippen LogP contribution in [0.15, 0.2) is 24.3 Å². The van der Waals surface area contributed by atoms with Crippen LogP contribution in [0, 0.1) is 22.7 Å². The Morgan fingerprint density at radius 3 is 2.08 bits per heavy atom. The minimum Gasteiger partial charge on any atom is -0.326 e. The van der Waals surface area contributed by atoms with Crippen LogP contribution in [0.25, 0.3) is 0 Å². The van der Waals surface area contributed by atoms with Gasteiger partial charge in [0.05, 0.1) is 12.1 Å². The standard InChI is InChI=1S/C10H9N3/c11-5-8-1-3-9(4-2-8)10(6-12)7-13/h1-4,10H,5,11H2. The Labute approximate surface area is 77.0 Å². The second-order valence-corrected chi connectivity index (χ2v) is 2.64. The van der Waals surface area contributed by atoms with E-state index < -0.39 is 5.92 Å². The maximum absolute atomic E-state index is 8.61. The van der Waals surface area contributed by atoms with E-state index >= 15 is 0 Å². The molecular weight excluding hydrogens is 162 g/mol. The van der Waals surface area contributed by atoms with E-state index in [1.165, 1.54) is 0 Å². The molecule has 0 radical (unpaired) electrons. The molecule has 0 heterocycles. The number of hydrogen-bond donors (Lipinski definition) is 1. The van der Waals surface area contributed by atoms with Gasteiger partial charge in [-0.05, 0) is 11.1 Å². The summed E-state index contributed by atoms with van der Waals surface area (Å²) in [4.78, 5) is 0. The molecule has 0 aliphatic rings. The minimum atomic E-state index is -0.674. The summed E-state index contributed by atoms with van der Waals surface area (Å²) in [5.74, 6) is -0.674. The lowest BCUT2D eigenvalue weighted by Crippen LogP contribution is -1.97. The molecule has 0 atom stereocenters. The van der Waals surface area contributed by atoms with E-state index in [9.17, 15) is 0 Å². The van der Waals surface area contributed by atoms with Crippen molar-refractivity contribution in [2.24, 2.45) is 5.73 Å². The molecule has 0 spiro atoms. The van der Waals surface area contributed by atoms with E-state index in [2.05, 4.69) is 0 Å². The number of rotatable bonds is 2. The summed E-state index contributed by atoms with van der Waals surface area (Å²) in [6.07, 6.45) is 0. The van der Waals surface area contributed by atoms with Crippen LogP contribution in [-0.2, 0) is 6.54 Å². The van der Waals surface area contributed by atoms with Gasteiger partial charge in [-0.1, -0.05) is 24.3 Å².